The highest BCUT2D eigenvalue weighted by Gasteiger charge is 2.20. The minimum absolute atomic E-state index is 0.0401. The van der Waals surface area contributed by atoms with Crippen molar-refractivity contribution in [2.45, 2.75) is 20.8 Å². The Morgan fingerprint density at radius 3 is 2.68 bits per heavy atom. The number of fused-ring (bicyclic) bond motifs is 1. The number of aromatic nitrogens is 1. The van der Waals surface area contributed by atoms with Crippen LogP contribution in [0.15, 0.2) is 24.4 Å². The standard InChI is InChI=1S/C16H19ClFN3O/c1-16(2,3)15(22)21-9-8-19-12-5-4-10-11(17)6-7-20-14(10)13(12)18/h4-7,19H,8-9H2,1-3H3,(H,21,22). The lowest BCUT2D eigenvalue weighted by Gasteiger charge is -2.18. The van der Waals surface area contributed by atoms with Crippen LogP contribution in [0.4, 0.5) is 10.1 Å². The molecule has 0 unspecified atom stereocenters. The van der Waals surface area contributed by atoms with Gasteiger partial charge in [-0.1, -0.05) is 32.4 Å². The molecule has 6 heteroatoms. The Hall–Kier alpha value is -1.88. The van der Waals surface area contributed by atoms with Crippen molar-refractivity contribution in [1.82, 2.24) is 10.3 Å². The number of nitrogens with one attached hydrogen (secondary N) is 2. The third kappa shape index (κ3) is 3.65. The van der Waals surface area contributed by atoms with E-state index in [1.165, 1.54) is 6.20 Å². The fraction of sp³-hybridized carbons (Fsp3) is 0.375. The predicted octanol–water partition coefficient (Wildman–Crippen LogP) is 3.60. The van der Waals surface area contributed by atoms with Crippen molar-refractivity contribution < 1.29 is 9.18 Å². The van der Waals surface area contributed by atoms with Crippen molar-refractivity contribution in [2.75, 3.05) is 18.4 Å². The van der Waals surface area contributed by atoms with Gasteiger partial charge in [-0.05, 0) is 18.2 Å². The Kier molecular flexibility index (Phi) is 4.86. The van der Waals surface area contributed by atoms with Crippen molar-refractivity contribution in [3.05, 3.63) is 35.2 Å². The highest BCUT2D eigenvalue weighted by molar-refractivity contribution is 6.35. The van der Waals surface area contributed by atoms with Gasteiger partial charge in [0.2, 0.25) is 5.91 Å². The second-order valence-electron chi connectivity index (χ2n) is 6.05. The minimum atomic E-state index is -0.442. The molecule has 1 amide bonds. The van der Waals surface area contributed by atoms with Gasteiger partial charge in [0.05, 0.1) is 10.7 Å². The van der Waals surface area contributed by atoms with Crippen LogP contribution in [0.2, 0.25) is 5.02 Å². The lowest BCUT2D eigenvalue weighted by molar-refractivity contribution is -0.128. The molecular weight excluding hydrogens is 305 g/mol. The SMILES string of the molecule is CC(C)(C)C(=O)NCCNc1ccc2c(Cl)ccnc2c1F. The van der Waals surface area contributed by atoms with E-state index in [0.717, 1.165) is 0 Å². The molecule has 1 aromatic heterocycles. The minimum Gasteiger partial charge on any atom is -0.381 e. The summed E-state index contributed by atoms with van der Waals surface area (Å²) < 4.78 is 14.4. The molecule has 1 heterocycles. The Bertz CT molecular complexity index is 698. The quantitative estimate of drug-likeness (QED) is 0.845. The Balaban J connectivity index is 2.01. The molecule has 0 fully saturated rings. The summed E-state index contributed by atoms with van der Waals surface area (Å²) in [6.07, 6.45) is 1.47. The van der Waals surface area contributed by atoms with E-state index in [9.17, 15) is 9.18 Å². The van der Waals surface area contributed by atoms with E-state index in [0.29, 0.717) is 29.2 Å². The molecule has 0 aliphatic heterocycles. The topological polar surface area (TPSA) is 54.0 Å². The summed E-state index contributed by atoms with van der Waals surface area (Å²) in [6, 6.07) is 4.97. The van der Waals surface area contributed by atoms with Crippen molar-refractivity contribution in [1.29, 1.82) is 0 Å². The number of anilines is 1. The molecule has 0 saturated heterocycles. The van der Waals surface area contributed by atoms with E-state index >= 15 is 0 Å². The molecule has 0 aliphatic rings. The van der Waals surface area contributed by atoms with Gasteiger partial charge in [0, 0.05) is 30.1 Å². The van der Waals surface area contributed by atoms with Crippen LogP contribution in [0.5, 0.6) is 0 Å². The first-order valence-electron chi connectivity index (χ1n) is 7.05. The number of amides is 1. The number of hydrogen-bond acceptors (Lipinski definition) is 3. The number of carbonyl (C=O) groups excluding carboxylic acids is 1. The van der Waals surface area contributed by atoms with Gasteiger partial charge < -0.3 is 10.6 Å². The first-order chi connectivity index (χ1) is 10.3. The average molecular weight is 324 g/mol. The maximum Gasteiger partial charge on any atom is 0.225 e. The molecule has 4 nitrogen and oxygen atoms in total. The molecule has 2 N–H and O–H groups in total. The summed E-state index contributed by atoms with van der Waals surface area (Å²) in [5.74, 6) is -0.483. The van der Waals surface area contributed by atoms with Gasteiger partial charge in [-0.3, -0.25) is 9.78 Å². The monoisotopic (exact) mass is 323 g/mol. The number of carbonyl (C=O) groups is 1. The first kappa shape index (κ1) is 16.5. The van der Waals surface area contributed by atoms with Crippen LogP contribution < -0.4 is 10.6 Å². The van der Waals surface area contributed by atoms with Crippen LogP contribution in [0.1, 0.15) is 20.8 Å². The number of nitrogens with zero attached hydrogens (tertiary/aromatic N) is 1. The number of rotatable bonds is 4. The largest absolute Gasteiger partial charge is 0.381 e. The summed E-state index contributed by atoms with van der Waals surface area (Å²) in [6.45, 7) is 6.36. The maximum absolute atomic E-state index is 14.4. The molecule has 1 aromatic carbocycles. The zero-order valence-corrected chi connectivity index (χ0v) is 13.6. The van der Waals surface area contributed by atoms with Crippen LogP contribution >= 0.6 is 11.6 Å². The van der Waals surface area contributed by atoms with E-state index in [-0.39, 0.29) is 11.4 Å². The lowest BCUT2D eigenvalue weighted by atomic mass is 9.96. The third-order valence-electron chi connectivity index (χ3n) is 3.21. The zero-order valence-electron chi connectivity index (χ0n) is 12.8. The van der Waals surface area contributed by atoms with Gasteiger partial charge >= 0.3 is 0 Å². The molecular formula is C16H19ClFN3O. The summed E-state index contributed by atoms with van der Waals surface area (Å²) in [5.41, 5.74) is 0.137. The molecule has 2 aromatic rings. The second-order valence-corrected chi connectivity index (χ2v) is 6.46. The van der Waals surface area contributed by atoms with Gasteiger partial charge in [0.15, 0.2) is 5.82 Å². The number of halogens is 2. The maximum atomic E-state index is 14.4. The Morgan fingerprint density at radius 1 is 1.27 bits per heavy atom. The second kappa shape index (κ2) is 6.48. The fourth-order valence-electron chi connectivity index (χ4n) is 1.93. The molecule has 2 rings (SSSR count). The molecule has 0 spiro atoms. The number of pyridine rings is 1. The zero-order chi connectivity index (χ0) is 16.3. The van der Waals surface area contributed by atoms with Crippen molar-refractivity contribution in [3.63, 3.8) is 0 Å². The Morgan fingerprint density at radius 2 is 2.00 bits per heavy atom. The fourth-order valence-corrected chi connectivity index (χ4v) is 2.13. The molecule has 0 atom stereocenters. The average Bonchev–Trinajstić information content (AvgIpc) is 2.45. The van der Waals surface area contributed by atoms with Crippen LogP contribution in [0.3, 0.4) is 0 Å². The molecule has 0 aliphatic carbocycles. The molecule has 0 saturated carbocycles. The van der Waals surface area contributed by atoms with Crippen molar-refractivity contribution in [2.24, 2.45) is 5.41 Å². The molecule has 0 bridgehead atoms. The van der Waals surface area contributed by atoms with Crippen LogP contribution in [-0.2, 0) is 4.79 Å². The highest BCUT2D eigenvalue weighted by Crippen LogP contribution is 2.27. The van der Waals surface area contributed by atoms with Crippen molar-refractivity contribution in [3.8, 4) is 0 Å². The summed E-state index contributed by atoms with van der Waals surface area (Å²) in [7, 11) is 0. The number of benzene rings is 1. The number of hydrogen-bond donors (Lipinski definition) is 2. The van der Waals surface area contributed by atoms with Crippen molar-refractivity contribution >= 4 is 34.1 Å². The lowest BCUT2D eigenvalue weighted by Crippen LogP contribution is -2.37. The summed E-state index contributed by atoms with van der Waals surface area (Å²) in [4.78, 5) is 15.7. The first-order valence-corrected chi connectivity index (χ1v) is 7.43. The van der Waals surface area contributed by atoms with Gasteiger partial charge in [0.1, 0.15) is 5.52 Å². The smallest absolute Gasteiger partial charge is 0.225 e. The predicted molar refractivity (Wildman–Crippen MR) is 87.7 cm³/mol. The van der Waals surface area contributed by atoms with Gasteiger partial charge in [-0.15, -0.1) is 0 Å². The summed E-state index contributed by atoms with van der Waals surface area (Å²) in [5, 5.41) is 6.80. The summed E-state index contributed by atoms with van der Waals surface area (Å²) >= 11 is 6.01. The third-order valence-corrected chi connectivity index (χ3v) is 3.53. The van der Waals surface area contributed by atoms with E-state index in [2.05, 4.69) is 15.6 Å². The van der Waals surface area contributed by atoms with Crippen LogP contribution in [0, 0.1) is 11.2 Å². The van der Waals surface area contributed by atoms with Gasteiger partial charge in [-0.25, -0.2) is 4.39 Å². The van der Waals surface area contributed by atoms with E-state index in [1.807, 2.05) is 20.8 Å². The molecule has 118 valence electrons. The highest BCUT2D eigenvalue weighted by atomic mass is 35.5. The van der Waals surface area contributed by atoms with E-state index < -0.39 is 11.2 Å². The van der Waals surface area contributed by atoms with Gasteiger partial charge in [0.25, 0.3) is 0 Å². The van der Waals surface area contributed by atoms with Crippen LogP contribution in [-0.4, -0.2) is 24.0 Å². The normalized spacial score (nSPS) is 11.5. The van der Waals surface area contributed by atoms with Crippen LogP contribution in [0.25, 0.3) is 10.9 Å². The van der Waals surface area contributed by atoms with E-state index in [4.69, 9.17) is 11.6 Å². The Labute approximate surface area is 134 Å². The molecule has 22 heavy (non-hydrogen) atoms. The van der Waals surface area contributed by atoms with Gasteiger partial charge in [-0.2, -0.15) is 0 Å². The molecule has 0 radical (unpaired) electrons. The van der Waals surface area contributed by atoms with E-state index in [1.54, 1.807) is 18.2 Å².